The summed E-state index contributed by atoms with van der Waals surface area (Å²) in [5.41, 5.74) is 3.22. The van der Waals surface area contributed by atoms with Gasteiger partial charge in [-0.25, -0.2) is 4.79 Å². The van der Waals surface area contributed by atoms with E-state index in [0.717, 1.165) is 22.3 Å². The molecule has 11 heteroatoms. The molecule has 3 fully saturated rings. The van der Waals surface area contributed by atoms with Crippen LogP contribution < -0.4 is 5.32 Å². The van der Waals surface area contributed by atoms with Gasteiger partial charge in [0.25, 0.3) is 0 Å². The van der Waals surface area contributed by atoms with Crippen LogP contribution in [0.4, 0.5) is 4.79 Å². The van der Waals surface area contributed by atoms with E-state index in [-0.39, 0.29) is 24.7 Å². The van der Waals surface area contributed by atoms with Gasteiger partial charge in [-0.2, -0.15) is 0 Å². The number of carbonyl (C=O) groups is 5. The first-order valence-electron chi connectivity index (χ1n) is 16.7. The topological polar surface area (TPSA) is 147 Å². The highest BCUT2D eigenvalue weighted by Gasteiger charge is 2.67. The Labute approximate surface area is 283 Å². The Balaban J connectivity index is 1.04. The van der Waals surface area contributed by atoms with Crippen LogP contribution >= 0.6 is 0 Å². The Morgan fingerprint density at radius 2 is 1.65 bits per heavy atom. The predicted molar refractivity (Wildman–Crippen MR) is 173 cm³/mol. The van der Waals surface area contributed by atoms with Crippen LogP contribution in [0.1, 0.15) is 68.2 Å². The number of fused-ring (bicyclic) bond motifs is 6. The van der Waals surface area contributed by atoms with Crippen molar-refractivity contribution in [3.8, 4) is 11.1 Å². The minimum Gasteiger partial charge on any atom is -0.472 e. The van der Waals surface area contributed by atoms with Crippen molar-refractivity contribution < 1.29 is 47.3 Å². The van der Waals surface area contributed by atoms with E-state index in [1.54, 1.807) is 6.07 Å². The molecule has 1 amide bonds. The van der Waals surface area contributed by atoms with E-state index < -0.39 is 71.3 Å². The van der Waals surface area contributed by atoms with Crippen LogP contribution in [0.3, 0.4) is 0 Å². The van der Waals surface area contributed by atoms with Crippen LogP contribution in [0.5, 0.6) is 0 Å². The van der Waals surface area contributed by atoms with Gasteiger partial charge in [-0.3, -0.25) is 19.2 Å². The molecule has 4 aliphatic rings. The molecule has 0 radical (unpaired) electrons. The van der Waals surface area contributed by atoms with Crippen LogP contribution in [0, 0.1) is 28.6 Å². The standard InChI is InChI=1S/C38H39NO10/c1-37-14-12-27-35(43)49-30(21-13-15-46-19-21)17-38(27,2)33(37)32(41)29(16-28(37)34(42)45-3)48-31(40)18-39-36(44)47-20-26-24-10-6-4-8-22(24)23-9-5-7-11-25(23)26/h4-11,13,15,19,26-30,33H,12,14,16-18,20H2,1-3H3,(H,39,44)/t27-,28-,29-,30-,33-,37-,38-/m0/s1. The summed E-state index contributed by atoms with van der Waals surface area (Å²) in [5, 5.41) is 2.44. The largest absolute Gasteiger partial charge is 0.472 e. The molecule has 7 atom stereocenters. The zero-order valence-corrected chi connectivity index (χ0v) is 27.6. The molecular formula is C38H39NO10. The molecule has 1 aromatic heterocycles. The summed E-state index contributed by atoms with van der Waals surface area (Å²) in [6.07, 6.45) is 1.41. The number of amides is 1. The van der Waals surface area contributed by atoms with Crippen molar-refractivity contribution in [1.29, 1.82) is 0 Å². The fourth-order valence-corrected chi connectivity index (χ4v) is 9.26. The van der Waals surface area contributed by atoms with Gasteiger partial charge in [0.1, 0.15) is 19.3 Å². The number of cyclic esters (lactones) is 1. The second-order valence-corrected chi connectivity index (χ2v) is 14.1. The SMILES string of the molecule is COC(=O)[C@@H]1C[C@H](OC(=O)CNC(=O)OCC2c3ccccc3-c3ccccc32)C(=O)[C@H]2[C@@]1(C)CC[C@H]1C(=O)O[C@H](c3ccoc3)C[C@]21C. The van der Waals surface area contributed by atoms with Gasteiger partial charge in [0, 0.05) is 23.8 Å². The van der Waals surface area contributed by atoms with Gasteiger partial charge in [-0.05, 0) is 58.4 Å². The quantitative estimate of drug-likeness (QED) is 0.252. The van der Waals surface area contributed by atoms with Crippen LogP contribution in [-0.4, -0.2) is 56.1 Å². The number of carbonyl (C=O) groups excluding carboxylic acids is 5. The van der Waals surface area contributed by atoms with Gasteiger partial charge in [-0.1, -0.05) is 62.4 Å². The molecule has 2 heterocycles. The van der Waals surface area contributed by atoms with E-state index in [9.17, 15) is 24.0 Å². The van der Waals surface area contributed by atoms with Gasteiger partial charge < -0.3 is 28.7 Å². The van der Waals surface area contributed by atoms with E-state index in [1.807, 2.05) is 62.4 Å². The van der Waals surface area contributed by atoms with Crippen molar-refractivity contribution in [1.82, 2.24) is 5.32 Å². The third kappa shape index (κ3) is 5.49. The third-order valence-corrected chi connectivity index (χ3v) is 11.5. The molecule has 1 N–H and O–H groups in total. The lowest BCUT2D eigenvalue weighted by molar-refractivity contribution is -0.210. The molecule has 3 aromatic rings. The number of nitrogens with one attached hydrogen (secondary N) is 1. The number of furan rings is 1. The maximum absolute atomic E-state index is 14.4. The first-order chi connectivity index (χ1) is 23.5. The molecule has 256 valence electrons. The number of hydrogen-bond donors (Lipinski definition) is 1. The summed E-state index contributed by atoms with van der Waals surface area (Å²) in [5.74, 6) is -4.44. The molecular weight excluding hydrogens is 630 g/mol. The molecule has 0 unspecified atom stereocenters. The number of Topliss-reactive ketones (excluding diaryl/α,β-unsaturated/α-hetero) is 1. The summed E-state index contributed by atoms with van der Waals surface area (Å²) >= 11 is 0. The first kappa shape index (κ1) is 32.6. The fourth-order valence-electron chi connectivity index (χ4n) is 9.26. The fraction of sp³-hybridized carbons (Fsp3) is 0.447. The summed E-state index contributed by atoms with van der Waals surface area (Å²) in [6.45, 7) is 3.31. The number of methoxy groups -OCH3 is 1. The summed E-state index contributed by atoms with van der Waals surface area (Å²) in [4.78, 5) is 66.9. The predicted octanol–water partition coefficient (Wildman–Crippen LogP) is 5.52. The van der Waals surface area contributed by atoms with Crippen LogP contribution in [0.15, 0.2) is 71.5 Å². The summed E-state index contributed by atoms with van der Waals surface area (Å²) in [6, 6.07) is 17.6. The van der Waals surface area contributed by atoms with Crippen molar-refractivity contribution in [2.24, 2.45) is 28.6 Å². The monoisotopic (exact) mass is 669 g/mol. The summed E-state index contributed by atoms with van der Waals surface area (Å²) in [7, 11) is 1.29. The molecule has 49 heavy (non-hydrogen) atoms. The zero-order chi connectivity index (χ0) is 34.5. The maximum atomic E-state index is 14.4. The Hall–Kier alpha value is -4.93. The Kier molecular flexibility index (Phi) is 8.32. The lowest BCUT2D eigenvalue weighted by Gasteiger charge is -2.61. The van der Waals surface area contributed by atoms with Crippen LogP contribution in [0.2, 0.25) is 0 Å². The second kappa shape index (κ2) is 12.5. The number of rotatable bonds is 7. The molecule has 1 saturated heterocycles. The van der Waals surface area contributed by atoms with E-state index in [4.69, 9.17) is 23.4 Å². The molecule has 0 spiro atoms. The van der Waals surface area contributed by atoms with Gasteiger partial charge in [0.05, 0.1) is 31.5 Å². The van der Waals surface area contributed by atoms with Gasteiger partial charge in [0.2, 0.25) is 0 Å². The maximum Gasteiger partial charge on any atom is 0.407 e. The van der Waals surface area contributed by atoms with Crippen molar-refractivity contribution in [2.75, 3.05) is 20.3 Å². The van der Waals surface area contributed by atoms with Crippen molar-refractivity contribution in [3.63, 3.8) is 0 Å². The highest BCUT2D eigenvalue weighted by Crippen LogP contribution is 2.65. The number of ketones is 1. The highest BCUT2D eigenvalue weighted by molar-refractivity contribution is 5.93. The van der Waals surface area contributed by atoms with Gasteiger partial charge in [-0.15, -0.1) is 0 Å². The van der Waals surface area contributed by atoms with Crippen LogP contribution in [-0.2, 0) is 38.1 Å². The van der Waals surface area contributed by atoms with Crippen molar-refractivity contribution in [2.45, 2.75) is 57.7 Å². The number of benzene rings is 2. The number of ether oxygens (including phenoxy) is 4. The molecule has 0 bridgehead atoms. The van der Waals surface area contributed by atoms with E-state index in [2.05, 4.69) is 5.32 Å². The Bertz CT molecular complexity index is 1760. The molecule has 3 aliphatic carbocycles. The van der Waals surface area contributed by atoms with Gasteiger partial charge >= 0.3 is 24.0 Å². The number of alkyl carbamates (subject to hydrolysis) is 1. The smallest absolute Gasteiger partial charge is 0.407 e. The van der Waals surface area contributed by atoms with Crippen molar-refractivity contribution >= 4 is 29.8 Å². The van der Waals surface area contributed by atoms with Crippen LogP contribution in [0.25, 0.3) is 11.1 Å². The molecule has 2 aromatic carbocycles. The molecule has 7 rings (SSSR count). The second-order valence-electron chi connectivity index (χ2n) is 14.1. The normalized spacial score (nSPS) is 30.1. The molecule has 11 nitrogen and oxygen atoms in total. The van der Waals surface area contributed by atoms with E-state index >= 15 is 0 Å². The lowest BCUT2D eigenvalue weighted by atomic mass is 9.43. The minimum absolute atomic E-state index is 0.0639. The van der Waals surface area contributed by atoms with E-state index in [0.29, 0.717) is 24.8 Å². The average molecular weight is 670 g/mol. The van der Waals surface area contributed by atoms with Crippen molar-refractivity contribution in [3.05, 3.63) is 83.8 Å². The minimum atomic E-state index is -1.28. The molecule has 2 saturated carbocycles. The van der Waals surface area contributed by atoms with Gasteiger partial charge in [0.15, 0.2) is 11.9 Å². The lowest BCUT2D eigenvalue weighted by Crippen LogP contribution is -2.65. The summed E-state index contributed by atoms with van der Waals surface area (Å²) < 4.78 is 27.5. The zero-order valence-electron chi connectivity index (χ0n) is 27.6. The Morgan fingerprint density at radius 1 is 0.959 bits per heavy atom. The van der Waals surface area contributed by atoms with E-state index in [1.165, 1.54) is 19.6 Å². The third-order valence-electron chi connectivity index (χ3n) is 11.5. The Morgan fingerprint density at radius 3 is 2.31 bits per heavy atom. The highest BCUT2D eigenvalue weighted by atomic mass is 16.6. The number of esters is 3. The number of hydrogen-bond acceptors (Lipinski definition) is 10. The molecule has 1 aliphatic heterocycles. The first-order valence-corrected chi connectivity index (χ1v) is 16.7. The average Bonchev–Trinajstić information content (AvgIpc) is 3.74.